The number of thiazole rings is 1. The molecule has 0 atom stereocenters. The van der Waals surface area contributed by atoms with Crippen LogP contribution >= 0.6 is 11.3 Å². The summed E-state index contributed by atoms with van der Waals surface area (Å²) in [5, 5.41) is 12.0. The van der Waals surface area contributed by atoms with Gasteiger partial charge in [-0.25, -0.2) is 9.99 Å². The first-order valence-corrected chi connectivity index (χ1v) is 13.8. The van der Waals surface area contributed by atoms with Crippen molar-refractivity contribution >= 4 is 34.7 Å². The lowest BCUT2D eigenvalue weighted by atomic mass is 10.1. The molecule has 3 aromatic rings. The zero-order valence-corrected chi connectivity index (χ0v) is 23.4. The molecule has 206 valence electrons. The molecule has 0 radical (unpaired) electrons. The molecule has 2 aromatic carbocycles. The van der Waals surface area contributed by atoms with E-state index in [9.17, 15) is 14.4 Å². The highest BCUT2D eigenvalue weighted by molar-refractivity contribution is 7.13. The maximum Gasteiger partial charge on any atom is 0.268 e. The fraction of sp³-hybridized carbons (Fsp3) is 0.357. The smallest absolute Gasteiger partial charge is 0.268 e. The number of hydrazine groups is 1. The number of fused-ring (bicyclic) bond motifs is 1. The molecule has 0 bridgehead atoms. The number of nitrogens with one attached hydrogen (secondary N) is 2. The number of carbonyl (C=O) groups is 3. The Kier molecular flexibility index (Phi) is 9.28. The van der Waals surface area contributed by atoms with E-state index in [1.807, 2.05) is 49.2 Å². The number of hydrogen-bond acceptors (Lipinski definition) is 8. The fourth-order valence-electron chi connectivity index (χ4n) is 4.48. The van der Waals surface area contributed by atoms with Gasteiger partial charge in [-0.2, -0.15) is 0 Å². The molecule has 0 spiro atoms. The van der Waals surface area contributed by atoms with Gasteiger partial charge in [0.05, 0.1) is 13.1 Å². The Balaban J connectivity index is 1.55. The van der Waals surface area contributed by atoms with Gasteiger partial charge in [0.25, 0.3) is 11.8 Å². The van der Waals surface area contributed by atoms with Crippen LogP contribution in [0.1, 0.15) is 34.1 Å². The van der Waals surface area contributed by atoms with Crippen LogP contribution in [-0.2, 0) is 22.7 Å². The van der Waals surface area contributed by atoms with E-state index in [1.165, 1.54) is 22.5 Å². The standard InChI is InChI=1S/C28H35N7O3S/c1-4-30-11-12-31-25(36)16-34(17-26(37)33(3)35-14-21-7-5-6-8-22(21)15-35)24-13-20(10-9-19(24)2)28-32-23(18-39-28)27(29)38/h5-10,13,18,30H,4,11-12,14-17H2,1-3H3,(H2,29,38)(H,31,36). The SMILES string of the molecule is CCNCCNC(=O)CN(CC(=O)N(C)N1Cc2ccccc2C1)c1cc(-c2nc(C(N)=O)cs2)ccc1C. The Hall–Kier alpha value is -3.80. The minimum absolute atomic E-state index is 0.0126. The molecular weight excluding hydrogens is 514 g/mol. The number of carbonyl (C=O) groups excluding carboxylic acids is 3. The van der Waals surface area contributed by atoms with E-state index in [0.717, 1.165) is 23.4 Å². The van der Waals surface area contributed by atoms with E-state index in [0.29, 0.717) is 31.2 Å². The first-order valence-electron chi connectivity index (χ1n) is 12.9. The summed E-state index contributed by atoms with van der Waals surface area (Å²) in [6.07, 6.45) is 0. The van der Waals surface area contributed by atoms with Gasteiger partial charge in [0.1, 0.15) is 10.7 Å². The summed E-state index contributed by atoms with van der Waals surface area (Å²) < 4.78 is 0. The molecule has 10 nitrogen and oxygen atoms in total. The van der Waals surface area contributed by atoms with E-state index in [4.69, 9.17) is 5.73 Å². The van der Waals surface area contributed by atoms with Crippen LogP contribution in [-0.4, -0.2) is 72.5 Å². The van der Waals surface area contributed by atoms with Crippen molar-refractivity contribution in [2.75, 3.05) is 44.7 Å². The Bertz CT molecular complexity index is 1320. The highest BCUT2D eigenvalue weighted by atomic mass is 32.1. The summed E-state index contributed by atoms with van der Waals surface area (Å²) in [6, 6.07) is 13.9. The lowest BCUT2D eigenvalue weighted by Gasteiger charge is -2.32. The lowest BCUT2D eigenvalue weighted by molar-refractivity contribution is -0.145. The van der Waals surface area contributed by atoms with Gasteiger partial charge in [-0.15, -0.1) is 11.3 Å². The molecule has 1 aliphatic heterocycles. The molecule has 1 aliphatic rings. The van der Waals surface area contributed by atoms with Crippen LogP contribution in [0.15, 0.2) is 47.8 Å². The molecule has 2 heterocycles. The monoisotopic (exact) mass is 549 g/mol. The van der Waals surface area contributed by atoms with Crippen molar-refractivity contribution < 1.29 is 14.4 Å². The summed E-state index contributed by atoms with van der Waals surface area (Å²) in [5.41, 5.74) is 10.4. The highest BCUT2D eigenvalue weighted by Gasteiger charge is 2.27. The van der Waals surface area contributed by atoms with Crippen molar-refractivity contribution in [1.82, 2.24) is 25.6 Å². The van der Waals surface area contributed by atoms with Gasteiger partial charge >= 0.3 is 0 Å². The van der Waals surface area contributed by atoms with Crippen LogP contribution in [0.2, 0.25) is 0 Å². The van der Waals surface area contributed by atoms with Crippen LogP contribution in [0.3, 0.4) is 0 Å². The normalized spacial score (nSPS) is 12.7. The van der Waals surface area contributed by atoms with Gasteiger partial charge in [0, 0.05) is 49.9 Å². The number of benzene rings is 2. The summed E-state index contributed by atoms with van der Waals surface area (Å²) in [5.74, 6) is -0.885. The molecular formula is C28H35N7O3S. The number of hydrogen-bond donors (Lipinski definition) is 3. The Morgan fingerprint density at radius 3 is 2.44 bits per heavy atom. The van der Waals surface area contributed by atoms with Crippen molar-refractivity contribution in [3.05, 3.63) is 70.2 Å². The van der Waals surface area contributed by atoms with Crippen LogP contribution in [0.5, 0.6) is 0 Å². The van der Waals surface area contributed by atoms with Crippen molar-refractivity contribution in [2.45, 2.75) is 26.9 Å². The quantitative estimate of drug-likeness (QED) is 0.296. The predicted octanol–water partition coefficient (Wildman–Crippen LogP) is 2.14. The van der Waals surface area contributed by atoms with Gasteiger partial charge < -0.3 is 21.3 Å². The highest BCUT2D eigenvalue weighted by Crippen LogP contribution is 2.30. The minimum Gasteiger partial charge on any atom is -0.364 e. The zero-order valence-electron chi connectivity index (χ0n) is 22.6. The first kappa shape index (κ1) is 28.2. The minimum atomic E-state index is -0.585. The van der Waals surface area contributed by atoms with Gasteiger partial charge in [-0.3, -0.25) is 19.4 Å². The van der Waals surface area contributed by atoms with E-state index in [2.05, 4.69) is 27.8 Å². The number of nitrogens with two attached hydrogens (primary N) is 1. The molecule has 0 saturated heterocycles. The molecule has 39 heavy (non-hydrogen) atoms. The summed E-state index contributed by atoms with van der Waals surface area (Å²) in [4.78, 5) is 44.1. The zero-order chi connectivity index (χ0) is 27.9. The molecule has 0 aliphatic carbocycles. The number of likely N-dealkylation sites (N-methyl/N-ethyl adjacent to an activating group) is 2. The first-order chi connectivity index (χ1) is 18.8. The second kappa shape index (κ2) is 12.8. The molecule has 11 heteroatoms. The van der Waals surface area contributed by atoms with Crippen LogP contribution in [0, 0.1) is 6.92 Å². The molecule has 4 N–H and O–H groups in total. The number of primary amides is 1. The number of nitrogens with zero attached hydrogens (tertiary/aromatic N) is 4. The number of amides is 3. The third-order valence-electron chi connectivity index (χ3n) is 6.70. The molecule has 0 fully saturated rings. The maximum atomic E-state index is 13.5. The second-order valence-corrected chi connectivity index (χ2v) is 10.3. The summed E-state index contributed by atoms with van der Waals surface area (Å²) in [6.45, 7) is 7.28. The molecule has 0 saturated carbocycles. The van der Waals surface area contributed by atoms with E-state index in [1.54, 1.807) is 22.3 Å². The van der Waals surface area contributed by atoms with E-state index < -0.39 is 5.91 Å². The maximum absolute atomic E-state index is 13.5. The van der Waals surface area contributed by atoms with E-state index >= 15 is 0 Å². The Morgan fingerprint density at radius 2 is 1.79 bits per heavy atom. The van der Waals surface area contributed by atoms with Crippen molar-refractivity contribution in [2.24, 2.45) is 5.73 Å². The van der Waals surface area contributed by atoms with Gasteiger partial charge in [-0.1, -0.05) is 43.3 Å². The number of aryl methyl sites for hydroxylation is 1. The van der Waals surface area contributed by atoms with Gasteiger partial charge in [0.2, 0.25) is 5.91 Å². The van der Waals surface area contributed by atoms with Crippen LogP contribution in [0.25, 0.3) is 10.6 Å². The average Bonchev–Trinajstić information content (AvgIpc) is 3.58. The van der Waals surface area contributed by atoms with Crippen molar-refractivity contribution in [1.29, 1.82) is 0 Å². The van der Waals surface area contributed by atoms with Gasteiger partial charge in [-0.05, 0) is 36.2 Å². The van der Waals surface area contributed by atoms with Gasteiger partial charge in [0.15, 0.2) is 0 Å². The Labute approximate surface area is 232 Å². The van der Waals surface area contributed by atoms with Crippen LogP contribution < -0.4 is 21.3 Å². The molecule has 3 amide bonds. The van der Waals surface area contributed by atoms with Crippen LogP contribution in [0.4, 0.5) is 5.69 Å². The summed E-state index contributed by atoms with van der Waals surface area (Å²) >= 11 is 1.32. The van der Waals surface area contributed by atoms with Crippen molar-refractivity contribution in [3.8, 4) is 10.6 Å². The third-order valence-corrected chi connectivity index (χ3v) is 7.59. The largest absolute Gasteiger partial charge is 0.364 e. The molecule has 1 aromatic heterocycles. The molecule has 4 rings (SSSR count). The fourth-order valence-corrected chi connectivity index (χ4v) is 5.28. The number of anilines is 1. The predicted molar refractivity (Wildman–Crippen MR) is 153 cm³/mol. The number of rotatable bonds is 12. The third kappa shape index (κ3) is 6.99. The second-order valence-electron chi connectivity index (χ2n) is 9.47. The average molecular weight is 550 g/mol. The van der Waals surface area contributed by atoms with E-state index in [-0.39, 0.29) is 30.6 Å². The topological polar surface area (TPSA) is 124 Å². The molecule has 0 unspecified atom stereocenters. The Morgan fingerprint density at radius 1 is 1.08 bits per heavy atom. The number of aromatic nitrogens is 1. The van der Waals surface area contributed by atoms with Crippen molar-refractivity contribution in [3.63, 3.8) is 0 Å². The lowest BCUT2D eigenvalue weighted by Crippen LogP contribution is -2.48. The summed E-state index contributed by atoms with van der Waals surface area (Å²) in [7, 11) is 1.77.